The van der Waals surface area contributed by atoms with Gasteiger partial charge in [-0.3, -0.25) is 0 Å². The average molecular weight is 244 g/mol. The van der Waals surface area contributed by atoms with Crippen molar-refractivity contribution in [3.05, 3.63) is 10.8 Å². The smallest absolute Gasteiger partial charge is 0.172 e. The van der Waals surface area contributed by atoms with Crippen LogP contribution in [-0.4, -0.2) is 37.6 Å². The highest BCUT2D eigenvalue weighted by Gasteiger charge is 2.21. The van der Waals surface area contributed by atoms with Gasteiger partial charge in [-0.1, -0.05) is 0 Å². The molecule has 2 heterocycles. The summed E-state index contributed by atoms with van der Waals surface area (Å²) >= 11 is 1.57. The highest BCUT2D eigenvalue weighted by Crippen LogP contribution is 2.35. The van der Waals surface area contributed by atoms with Crippen LogP contribution in [0.2, 0.25) is 0 Å². The first-order valence-electron chi connectivity index (χ1n) is 5.44. The second-order valence-electron chi connectivity index (χ2n) is 3.66. The third kappa shape index (κ3) is 3.10. The lowest BCUT2D eigenvalue weighted by Gasteiger charge is -2.24. The molecule has 1 aromatic rings. The maximum absolute atomic E-state index is 8.60. The largest absolute Gasteiger partial charge is 0.485 e. The van der Waals surface area contributed by atoms with Crippen molar-refractivity contribution in [3.8, 4) is 11.5 Å². The van der Waals surface area contributed by atoms with E-state index < -0.39 is 0 Å². The molecule has 1 N–H and O–H groups in total. The zero-order valence-corrected chi connectivity index (χ0v) is 9.87. The number of thiophene rings is 1. The Kier molecular flexibility index (Phi) is 4.44. The van der Waals surface area contributed by atoms with Gasteiger partial charge in [0.2, 0.25) is 0 Å². The SMILES string of the molecule is OCCCCOCC1COc2cscc2O1. The molecule has 0 aliphatic carbocycles. The normalized spacial score (nSPS) is 18.7. The molecule has 0 saturated carbocycles. The minimum atomic E-state index is -0.0174. The van der Waals surface area contributed by atoms with E-state index >= 15 is 0 Å². The fraction of sp³-hybridized carbons (Fsp3) is 0.636. The molecule has 5 heteroatoms. The van der Waals surface area contributed by atoms with E-state index in [0.29, 0.717) is 19.8 Å². The topological polar surface area (TPSA) is 47.9 Å². The molecule has 1 aliphatic heterocycles. The van der Waals surface area contributed by atoms with E-state index in [-0.39, 0.29) is 12.7 Å². The molecule has 1 atom stereocenters. The number of hydrogen-bond acceptors (Lipinski definition) is 5. The molecule has 0 radical (unpaired) electrons. The number of aliphatic hydroxyl groups excluding tert-OH is 1. The van der Waals surface area contributed by atoms with Crippen LogP contribution in [-0.2, 0) is 4.74 Å². The Balaban J connectivity index is 1.65. The predicted molar refractivity (Wildman–Crippen MR) is 61.4 cm³/mol. The van der Waals surface area contributed by atoms with Gasteiger partial charge < -0.3 is 19.3 Å². The van der Waals surface area contributed by atoms with Crippen LogP contribution in [0.5, 0.6) is 11.5 Å². The van der Waals surface area contributed by atoms with Gasteiger partial charge in [0.1, 0.15) is 6.61 Å². The predicted octanol–water partition coefficient (Wildman–Crippen LogP) is 1.68. The zero-order valence-electron chi connectivity index (χ0n) is 9.05. The van der Waals surface area contributed by atoms with Crippen molar-refractivity contribution < 1.29 is 19.3 Å². The van der Waals surface area contributed by atoms with Crippen molar-refractivity contribution >= 4 is 11.3 Å². The average Bonchev–Trinajstić information content (AvgIpc) is 2.76. The Bertz CT molecular complexity index is 313. The first kappa shape index (κ1) is 11.7. The Morgan fingerprint density at radius 3 is 3.12 bits per heavy atom. The van der Waals surface area contributed by atoms with E-state index in [1.165, 1.54) is 0 Å². The second kappa shape index (κ2) is 6.08. The molecule has 2 rings (SSSR count). The summed E-state index contributed by atoms with van der Waals surface area (Å²) in [5.74, 6) is 1.65. The van der Waals surface area contributed by atoms with E-state index in [1.54, 1.807) is 11.3 Å². The molecular formula is C11H16O4S. The van der Waals surface area contributed by atoms with Gasteiger partial charge in [0.15, 0.2) is 17.6 Å². The standard InChI is InChI=1S/C11H16O4S/c12-3-1-2-4-13-5-9-6-14-10-7-16-8-11(10)15-9/h7-9,12H,1-6H2. The molecule has 90 valence electrons. The number of rotatable bonds is 6. The van der Waals surface area contributed by atoms with E-state index in [2.05, 4.69) is 0 Å². The minimum Gasteiger partial charge on any atom is -0.485 e. The van der Waals surface area contributed by atoms with Crippen LogP contribution >= 0.6 is 11.3 Å². The summed E-state index contributed by atoms with van der Waals surface area (Å²) in [5.41, 5.74) is 0. The number of hydrogen-bond donors (Lipinski definition) is 1. The number of unbranched alkanes of at least 4 members (excludes halogenated alkanes) is 1. The monoisotopic (exact) mass is 244 g/mol. The van der Waals surface area contributed by atoms with Crippen LogP contribution in [0.25, 0.3) is 0 Å². The molecule has 0 aromatic carbocycles. The van der Waals surface area contributed by atoms with Gasteiger partial charge in [-0.2, -0.15) is 0 Å². The van der Waals surface area contributed by atoms with E-state index in [0.717, 1.165) is 24.3 Å². The zero-order chi connectivity index (χ0) is 11.2. The van der Waals surface area contributed by atoms with Gasteiger partial charge in [0.25, 0.3) is 0 Å². The third-order valence-electron chi connectivity index (χ3n) is 2.31. The highest BCUT2D eigenvalue weighted by atomic mass is 32.1. The van der Waals surface area contributed by atoms with Crippen LogP contribution in [0.15, 0.2) is 10.8 Å². The van der Waals surface area contributed by atoms with Crippen LogP contribution in [0.4, 0.5) is 0 Å². The lowest BCUT2D eigenvalue weighted by atomic mass is 10.3. The Morgan fingerprint density at radius 1 is 1.38 bits per heavy atom. The first-order chi connectivity index (χ1) is 7.90. The summed E-state index contributed by atoms with van der Waals surface area (Å²) in [5, 5.41) is 12.5. The van der Waals surface area contributed by atoms with Crippen molar-refractivity contribution in [3.63, 3.8) is 0 Å². The van der Waals surface area contributed by atoms with Crippen molar-refractivity contribution in [1.29, 1.82) is 0 Å². The second-order valence-corrected chi connectivity index (χ2v) is 4.40. The summed E-state index contributed by atoms with van der Waals surface area (Å²) in [6.07, 6.45) is 1.65. The van der Waals surface area contributed by atoms with Gasteiger partial charge >= 0.3 is 0 Å². The van der Waals surface area contributed by atoms with Crippen LogP contribution in [0.3, 0.4) is 0 Å². The van der Waals surface area contributed by atoms with Gasteiger partial charge in [0, 0.05) is 24.0 Å². The first-order valence-corrected chi connectivity index (χ1v) is 6.38. The van der Waals surface area contributed by atoms with E-state index in [4.69, 9.17) is 19.3 Å². The van der Waals surface area contributed by atoms with Gasteiger partial charge in [0.05, 0.1) is 6.61 Å². The maximum atomic E-state index is 8.60. The quantitative estimate of drug-likeness (QED) is 0.773. The number of ether oxygens (including phenoxy) is 3. The van der Waals surface area contributed by atoms with Crippen LogP contribution in [0, 0.1) is 0 Å². The van der Waals surface area contributed by atoms with Crippen molar-refractivity contribution in [1.82, 2.24) is 0 Å². The van der Waals surface area contributed by atoms with Gasteiger partial charge in [-0.05, 0) is 12.8 Å². The third-order valence-corrected chi connectivity index (χ3v) is 3.01. The summed E-state index contributed by atoms with van der Waals surface area (Å²) in [7, 11) is 0. The summed E-state index contributed by atoms with van der Waals surface area (Å²) in [6, 6.07) is 0. The highest BCUT2D eigenvalue weighted by molar-refractivity contribution is 7.08. The lowest BCUT2D eigenvalue weighted by Crippen LogP contribution is -2.33. The van der Waals surface area contributed by atoms with Crippen molar-refractivity contribution in [2.45, 2.75) is 18.9 Å². The number of fused-ring (bicyclic) bond motifs is 1. The Labute approximate surface area is 98.8 Å². The molecular weight excluding hydrogens is 228 g/mol. The fourth-order valence-electron chi connectivity index (χ4n) is 1.47. The van der Waals surface area contributed by atoms with Crippen molar-refractivity contribution in [2.24, 2.45) is 0 Å². The molecule has 1 aliphatic rings. The van der Waals surface area contributed by atoms with Crippen LogP contribution < -0.4 is 9.47 Å². The molecule has 0 fully saturated rings. The summed E-state index contributed by atoms with van der Waals surface area (Å²) in [6.45, 7) is 1.98. The molecule has 0 saturated heterocycles. The van der Waals surface area contributed by atoms with E-state index in [9.17, 15) is 0 Å². The lowest BCUT2D eigenvalue weighted by molar-refractivity contribution is 0.00784. The van der Waals surface area contributed by atoms with E-state index in [1.807, 2.05) is 10.8 Å². The van der Waals surface area contributed by atoms with Crippen molar-refractivity contribution in [2.75, 3.05) is 26.4 Å². The van der Waals surface area contributed by atoms with Gasteiger partial charge in [-0.25, -0.2) is 0 Å². The summed E-state index contributed by atoms with van der Waals surface area (Å²) in [4.78, 5) is 0. The Morgan fingerprint density at radius 2 is 2.25 bits per heavy atom. The molecule has 1 aromatic heterocycles. The minimum absolute atomic E-state index is 0.0174. The Hall–Kier alpha value is -0.780. The van der Waals surface area contributed by atoms with Gasteiger partial charge in [-0.15, -0.1) is 11.3 Å². The van der Waals surface area contributed by atoms with Crippen LogP contribution in [0.1, 0.15) is 12.8 Å². The molecule has 0 bridgehead atoms. The fourth-order valence-corrected chi connectivity index (χ4v) is 2.15. The maximum Gasteiger partial charge on any atom is 0.172 e. The molecule has 16 heavy (non-hydrogen) atoms. The molecule has 4 nitrogen and oxygen atoms in total. The molecule has 0 amide bonds. The number of aliphatic hydroxyl groups is 1. The molecule has 0 spiro atoms. The summed E-state index contributed by atoms with van der Waals surface area (Å²) < 4.78 is 16.7. The molecule has 1 unspecified atom stereocenters.